The van der Waals surface area contributed by atoms with Gasteiger partial charge in [0, 0.05) is 16.5 Å². The highest BCUT2D eigenvalue weighted by Crippen LogP contribution is 2.31. The molecule has 0 fully saturated rings. The topological polar surface area (TPSA) is 55.7 Å². The molecule has 2 atom stereocenters. The highest BCUT2D eigenvalue weighted by atomic mass is 16.7. The number of nitrogens with zero attached hydrogens (tertiary/aromatic N) is 1. The summed E-state index contributed by atoms with van der Waals surface area (Å²) >= 11 is 0. The summed E-state index contributed by atoms with van der Waals surface area (Å²) in [6.07, 6.45) is 2.92. The molecule has 0 aliphatic rings. The van der Waals surface area contributed by atoms with Crippen molar-refractivity contribution in [3.05, 3.63) is 102 Å². The third-order valence-electron chi connectivity index (χ3n) is 6.65. The largest absolute Gasteiger partial charge is 0.345 e. The highest BCUT2D eigenvalue weighted by Gasteiger charge is 2.26. The monoisotopic (exact) mass is 482 g/mol. The molecule has 1 amide bonds. The number of unbranched alkanes of at least 4 members (excludes halogenated alkanes) is 1. The van der Waals surface area contributed by atoms with Crippen LogP contribution in [-0.2, 0) is 11.4 Å². The lowest BCUT2D eigenvalue weighted by molar-refractivity contribution is -1.10. The van der Waals surface area contributed by atoms with Crippen LogP contribution in [0.15, 0.2) is 84.9 Å². The SMILES string of the molecule is CCCC[NH+](Cc1c(-c2ccccc2)nc2ccccc2c1C(=O)N[C@@H](CC)c1ccccc1)OC. The number of fused-ring (bicyclic) bond motifs is 1. The van der Waals surface area contributed by atoms with Crippen LogP contribution in [0.25, 0.3) is 22.2 Å². The number of hydrogen-bond donors (Lipinski definition) is 2. The molecule has 0 saturated carbocycles. The second kappa shape index (κ2) is 12.4. The maximum absolute atomic E-state index is 14.1. The van der Waals surface area contributed by atoms with Crippen molar-refractivity contribution in [1.82, 2.24) is 10.3 Å². The van der Waals surface area contributed by atoms with Gasteiger partial charge in [-0.05, 0) is 24.5 Å². The van der Waals surface area contributed by atoms with Crippen molar-refractivity contribution in [2.45, 2.75) is 45.7 Å². The molecule has 2 N–H and O–H groups in total. The number of aromatic nitrogens is 1. The van der Waals surface area contributed by atoms with Gasteiger partial charge in [-0.15, -0.1) is 0 Å². The van der Waals surface area contributed by atoms with E-state index in [4.69, 9.17) is 9.82 Å². The standard InChI is InChI=1S/C31H35N3O2/c1-4-6-21-34(36-3)22-26-29(31(35)33-27(5-2)23-15-9-7-10-16-23)25-19-13-14-20-28(25)32-30(26)24-17-11-8-12-18-24/h7-20,27H,4-6,21-22H2,1-3H3,(H,33,35)/p+1/t27-/m0/s1. The van der Waals surface area contributed by atoms with Gasteiger partial charge in [0.2, 0.25) is 0 Å². The van der Waals surface area contributed by atoms with Crippen LogP contribution in [0, 0.1) is 0 Å². The second-order valence-corrected chi connectivity index (χ2v) is 9.07. The van der Waals surface area contributed by atoms with E-state index in [1.165, 1.54) is 0 Å². The number of carbonyl (C=O) groups excluding carboxylic acids is 1. The van der Waals surface area contributed by atoms with E-state index < -0.39 is 0 Å². The summed E-state index contributed by atoms with van der Waals surface area (Å²) in [4.78, 5) is 25.0. The third-order valence-corrected chi connectivity index (χ3v) is 6.65. The van der Waals surface area contributed by atoms with E-state index in [1.54, 1.807) is 7.11 Å². The van der Waals surface area contributed by atoms with Crippen molar-refractivity contribution in [1.29, 1.82) is 0 Å². The molecule has 0 radical (unpaired) electrons. The number of amides is 1. The summed E-state index contributed by atoms with van der Waals surface area (Å²) in [5.74, 6) is -0.0811. The normalized spacial score (nSPS) is 12.9. The summed E-state index contributed by atoms with van der Waals surface area (Å²) in [6, 6.07) is 28.1. The van der Waals surface area contributed by atoms with E-state index in [-0.39, 0.29) is 11.9 Å². The lowest BCUT2D eigenvalue weighted by Gasteiger charge is -2.23. The average Bonchev–Trinajstić information content (AvgIpc) is 2.94. The fourth-order valence-corrected chi connectivity index (χ4v) is 4.69. The van der Waals surface area contributed by atoms with Crippen LogP contribution in [-0.4, -0.2) is 24.5 Å². The van der Waals surface area contributed by atoms with Gasteiger partial charge in [0.15, 0.2) is 0 Å². The van der Waals surface area contributed by atoms with Gasteiger partial charge in [0.05, 0.1) is 29.9 Å². The second-order valence-electron chi connectivity index (χ2n) is 9.07. The minimum Gasteiger partial charge on any atom is -0.345 e. The van der Waals surface area contributed by atoms with Gasteiger partial charge in [-0.1, -0.05) is 99.1 Å². The molecule has 4 rings (SSSR count). The van der Waals surface area contributed by atoms with Gasteiger partial charge in [-0.25, -0.2) is 9.82 Å². The first-order valence-corrected chi connectivity index (χ1v) is 12.9. The smallest absolute Gasteiger partial charge is 0.253 e. The number of para-hydroxylation sites is 1. The molecule has 0 bridgehead atoms. The van der Waals surface area contributed by atoms with E-state index in [2.05, 4.69) is 43.4 Å². The zero-order valence-electron chi connectivity index (χ0n) is 21.5. The van der Waals surface area contributed by atoms with Gasteiger partial charge >= 0.3 is 0 Å². The predicted molar refractivity (Wildman–Crippen MR) is 146 cm³/mol. The fraction of sp³-hybridized carbons (Fsp3) is 0.290. The average molecular weight is 483 g/mol. The van der Waals surface area contributed by atoms with Gasteiger partial charge in [-0.3, -0.25) is 4.79 Å². The Morgan fingerprint density at radius 1 is 0.944 bits per heavy atom. The number of hydroxylamine groups is 2. The minimum absolute atomic E-state index is 0.0791. The first-order valence-electron chi connectivity index (χ1n) is 12.9. The molecule has 5 heteroatoms. The zero-order valence-corrected chi connectivity index (χ0v) is 21.5. The van der Waals surface area contributed by atoms with Crippen LogP contribution < -0.4 is 10.4 Å². The Morgan fingerprint density at radius 3 is 2.28 bits per heavy atom. The maximum atomic E-state index is 14.1. The van der Waals surface area contributed by atoms with Gasteiger partial charge < -0.3 is 5.32 Å². The van der Waals surface area contributed by atoms with E-state index in [1.807, 2.05) is 60.7 Å². The number of hydrogen-bond acceptors (Lipinski definition) is 3. The number of rotatable bonds is 11. The van der Waals surface area contributed by atoms with E-state index in [0.29, 0.717) is 12.1 Å². The summed E-state index contributed by atoms with van der Waals surface area (Å²) < 4.78 is 0. The maximum Gasteiger partial charge on any atom is 0.253 e. The Labute approximate surface area is 214 Å². The molecule has 4 aromatic rings. The molecule has 36 heavy (non-hydrogen) atoms. The molecule has 0 spiro atoms. The number of benzene rings is 3. The first kappa shape index (κ1) is 25.5. The number of carbonyl (C=O) groups is 1. The molecule has 0 aliphatic carbocycles. The molecule has 5 nitrogen and oxygen atoms in total. The molecule has 186 valence electrons. The number of quaternary nitrogens is 1. The van der Waals surface area contributed by atoms with Crippen LogP contribution in [0.5, 0.6) is 0 Å². The Balaban J connectivity index is 1.87. The Morgan fingerprint density at radius 2 is 1.61 bits per heavy atom. The van der Waals surface area contributed by atoms with Crippen molar-refractivity contribution < 1.29 is 14.7 Å². The van der Waals surface area contributed by atoms with E-state index in [9.17, 15) is 4.79 Å². The number of nitrogens with one attached hydrogen (secondary N) is 2. The van der Waals surface area contributed by atoms with E-state index in [0.717, 1.165) is 64.2 Å². The molecule has 0 saturated heterocycles. The number of pyridine rings is 1. The summed E-state index contributed by atoms with van der Waals surface area (Å²) in [5.41, 5.74) is 5.33. The van der Waals surface area contributed by atoms with Crippen LogP contribution in [0.3, 0.4) is 0 Å². The molecular weight excluding hydrogens is 446 g/mol. The van der Waals surface area contributed by atoms with Crippen molar-refractivity contribution in [3.63, 3.8) is 0 Å². The van der Waals surface area contributed by atoms with Gasteiger partial charge in [0.1, 0.15) is 13.1 Å². The molecule has 1 unspecified atom stereocenters. The molecule has 0 aliphatic heterocycles. The van der Waals surface area contributed by atoms with Crippen molar-refractivity contribution in [2.24, 2.45) is 0 Å². The Bertz CT molecular complexity index is 1280. The van der Waals surface area contributed by atoms with E-state index >= 15 is 0 Å². The lowest BCUT2D eigenvalue weighted by atomic mass is 9.95. The zero-order chi connectivity index (χ0) is 25.3. The first-order chi connectivity index (χ1) is 17.7. The van der Waals surface area contributed by atoms with Crippen LogP contribution in [0.4, 0.5) is 0 Å². The molecular formula is C31H36N3O2+. The Hall–Kier alpha value is -3.54. The quantitative estimate of drug-likeness (QED) is 0.277. The highest BCUT2D eigenvalue weighted by molar-refractivity contribution is 6.09. The summed E-state index contributed by atoms with van der Waals surface area (Å²) in [7, 11) is 1.73. The van der Waals surface area contributed by atoms with Crippen molar-refractivity contribution in [3.8, 4) is 11.3 Å². The molecule has 3 aromatic carbocycles. The van der Waals surface area contributed by atoms with Crippen LogP contribution in [0.1, 0.15) is 60.6 Å². The van der Waals surface area contributed by atoms with Crippen molar-refractivity contribution in [2.75, 3.05) is 13.7 Å². The molecule has 1 heterocycles. The fourth-order valence-electron chi connectivity index (χ4n) is 4.69. The van der Waals surface area contributed by atoms with Crippen molar-refractivity contribution >= 4 is 16.8 Å². The predicted octanol–water partition coefficient (Wildman–Crippen LogP) is 5.53. The summed E-state index contributed by atoms with van der Waals surface area (Å²) in [5, 5.41) is 5.16. The van der Waals surface area contributed by atoms with Crippen LogP contribution in [0.2, 0.25) is 0 Å². The molecule has 1 aromatic heterocycles. The van der Waals surface area contributed by atoms with Gasteiger partial charge in [-0.2, -0.15) is 5.06 Å². The van der Waals surface area contributed by atoms with Crippen LogP contribution >= 0.6 is 0 Å². The summed E-state index contributed by atoms with van der Waals surface area (Å²) in [6.45, 7) is 5.67. The lowest BCUT2D eigenvalue weighted by Crippen LogP contribution is -3.09. The Kier molecular flexibility index (Phi) is 8.82. The minimum atomic E-state index is -0.0811. The van der Waals surface area contributed by atoms with Gasteiger partial charge in [0.25, 0.3) is 5.91 Å². The third kappa shape index (κ3) is 5.81.